The molecule has 0 aliphatic carbocycles. The zero-order chi connectivity index (χ0) is 17.0. The second-order valence-electron chi connectivity index (χ2n) is 5.50. The molecule has 0 bridgehead atoms. The number of carbonyl (C=O) groups is 1. The van der Waals surface area contributed by atoms with Gasteiger partial charge in [-0.1, -0.05) is 17.7 Å². The van der Waals surface area contributed by atoms with Crippen molar-refractivity contribution in [1.82, 2.24) is 5.32 Å². The fourth-order valence-corrected chi connectivity index (χ4v) is 2.58. The summed E-state index contributed by atoms with van der Waals surface area (Å²) in [5.74, 6) is 1.12. The minimum Gasteiger partial charge on any atom is -0.462 e. The second-order valence-corrected chi connectivity index (χ2v) is 5.91. The summed E-state index contributed by atoms with van der Waals surface area (Å²) in [5, 5.41) is 5.98. The Morgan fingerprint density at radius 3 is 2.35 bits per heavy atom. The van der Waals surface area contributed by atoms with E-state index in [9.17, 15) is 4.79 Å². The first-order valence-electron chi connectivity index (χ1n) is 7.29. The van der Waals surface area contributed by atoms with Gasteiger partial charge in [0, 0.05) is 11.8 Å². The summed E-state index contributed by atoms with van der Waals surface area (Å²) in [5.41, 5.74) is 4.28. The molecular weight excluding hydrogens is 308 g/mol. The molecule has 0 unspecified atom stereocenters. The van der Waals surface area contributed by atoms with Crippen LogP contribution in [0, 0.1) is 27.7 Å². The fourth-order valence-electron chi connectivity index (χ4n) is 2.38. The van der Waals surface area contributed by atoms with Crippen LogP contribution in [-0.4, -0.2) is 11.0 Å². The van der Waals surface area contributed by atoms with E-state index in [2.05, 4.69) is 22.8 Å². The van der Waals surface area contributed by atoms with E-state index in [-0.39, 0.29) is 11.0 Å². The number of furan rings is 1. The maximum Gasteiger partial charge on any atom is 0.250 e. The number of anilines is 1. The molecule has 0 radical (unpaired) electrons. The minimum absolute atomic E-state index is 0.269. The Labute approximate surface area is 141 Å². The molecule has 0 atom stereocenters. The van der Waals surface area contributed by atoms with E-state index in [1.165, 1.54) is 11.6 Å². The number of rotatable bonds is 3. The van der Waals surface area contributed by atoms with Crippen molar-refractivity contribution < 1.29 is 9.21 Å². The van der Waals surface area contributed by atoms with Crippen LogP contribution < -0.4 is 10.6 Å². The fraction of sp³-hybridized carbons (Fsp3) is 0.222. The van der Waals surface area contributed by atoms with Crippen molar-refractivity contribution in [3.05, 3.63) is 58.6 Å². The number of thiocarbonyl (C=S) groups is 1. The molecule has 4 nitrogen and oxygen atoms in total. The van der Waals surface area contributed by atoms with Crippen molar-refractivity contribution in [2.75, 3.05) is 5.32 Å². The van der Waals surface area contributed by atoms with E-state index in [1.54, 1.807) is 12.1 Å². The molecule has 5 heteroatoms. The number of carbonyl (C=O) groups excluding carboxylic acids is 1. The monoisotopic (exact) mass is 328 g/mol. The summed E-state index contributed by atoms with van der Waals surface area (Å²) in [4.78, 5) is 11.9. The normalized spacial score (nSPS) is 10.8. The highest BCUT2D eigenvalue weighted by molar-refractivity contribution is 7.80. The molecule has 23 heavy (non-hydrogen) atoms. The Hall–Kier alpha value is -2.40. The van der Waals surface area contributed by atoms with Gasteiger partial charge in [0.1, 0.15) is 11.5 Å². The predicted octanol–water partition coefficient (Wildman–Crippen LogP) is 4.04. The Morgan fingerprint density at radius 2 is 1.78 bits per heavy atom. The molecule has 2 aromatic rings. The highest BCUT2D eigenvalue weighted by atomic mass is 32.1. The van der Waals surface area contributed by atoms with Gasteiger partial charge in [0.15, 0.2) is 5.11 Å². The van der Waals surface area contributed by atoms with E-state index in [4.69, 9.17) is 16.6 Å². The van der Waals surface area contributed by atoms with E-state index in [0.717, 1.165) is 22.6 Å². The van der Waals surface area contributed by atoms with Crippen molar-refractivity contribution in [2.24, 2.45) is 0 Å². The third-order valence-corrected chi connectivity index (χ3v) is 3.52. The summed E-state index contributed by atoms with van der Waals surface area (Å²) in [6.45, 7) is 7.91. The summed E-state index contributed by atoms with van der Waals surface area (Å²) in [6.07, 6.45) is 2.99. The smallest absolute Gasteiger partial charge is 0.250 e. The largest absolute Gasteiger partial charge is 0.462 e. The van der Waals surface area contributed by atoms with Gasteiger partial charge < -0.3 is 9.73 Å². The van der Waals surface area contributed by atoms with Crippen LogP contribution in [0.4, 0.5) is 5.69 Å². The van der Waals surface area contributed by atoms with Crippen LogP contribution in [0.5, 0.6) is 0 Å². The van der Waals surface area contributed by atoms with Crippen molar-refractivity contribution in [3.63, 3.8) is 0 Å². The number of nitrogens with one attached hydrogen (secondary N) is 2. The second kappa shape index (κ2) is 7.24. The lowest BCUT2D eigenvalue weighted by molar-refractivity contribution is -0.115. The van der Waals surface area contributed by atoms with E-state index >= 15 is 0 Å². The van der Waals surface area contributed by atoms with Gasteiger partial charge >= 0.3 is 0 Å². The highest BCUT2D eigenvalue weighted by Gasteiger charge is 2.07. The minimum atomic E-state index is -0.307. The quantitative estimate of drug-likeness (QED) is 0.659. The van der Waals surface area contributed by atoms with Gasteiger partial charge in [0.25, 0.3) is 0 Å². The number of hydrogen-bond acceptors (Lipinski definition) is 3. The topological polar surface area (TPSA) is 54.3 Å². The van der Waals surface area contributed by atoms with Crippen LogP contribution in [-0.2, 0) is 4.79 Å². The number of aryl methyl sites for hydroxylation is 4. The molecule has 0 fully saturated rings. The maximum atomic E-state index is 11.9. The first kappa shape index (κ1) is 17.0. The Morgan fingerprint density at radius 1 is 1.13 bits per heavy atom. The Bertz CT molecular complexity index is 752. The molecular formula is C18H20N2O2S. The summed E-state index contributed by atoms with van der Waals surface area (Å²) in [7, 11) is 0. The van der Waals surface area contributed by atoms with Crippen LogP contribution in [0.2, 0.25) is 0 Å². The summed E-state index contributed by atoms with van der Waals surface area (Å²) < 4.78 is 5.36. The molecule has 1 heterocycles. The first-order chi connectivity index (χ1) is 10.8. The van der Waals surface area contributed by atoms with Gasteiger partial charge in [0.05, 0.1) is 0 Å². The molecule has 0 aliphatic rings. The van der Waals surface area contributed by atoms with Crippen molar-refractivity contribution in [1.29, 1.82) is 0 Å². The lowest BCUT2D eigenvalue weighted by Gasteiger charge is -2.14. The average Bonchev–Trinajstić information content (AvgIpc) is 2.86. The first-order valence-corrected chi connectivity index (χ1v) is 7.70. The molecule has 0 saturated carbocycles. The molecule has 1 aromatic carbocycles. The van der Waals surface area contributed by atoms with Crippen molar-refractivity contribution in [2.45, 2.75) is 27.7 Å². The molecule has 0 aliphatic heterocycles. The number of hydrogen-bond donors (Lipinski definition) is 2. The lowest BCUT2D eigenvalue weighted by Crippen LogP contribution is -2.33. The molecule has 120 valence electrons. The zero-order valence-electron chi connectivity index (χ0n) is 13.7. The number of amides is 1. The van der Waals surface area contributed by atoms with Crippen LogP contribution in [0.1, 0.15) is 28.2 Å². The van der Waals surface area contributed by atoms with Crippen LogP contribution in [0.15, 0.2) is 34.8 Å². The molecule has 1 amide bonds. The SMILES string of the molecule is Cc1cc(C)c(NC(=S)NC(=O)C=Cc2ccc(C)o2)c(C)c1. The number of benzene rings is 1. The van der Waals surface area contributed by atoms with E-state index in [0.29, 0.717) is 5.76 Å². The summed E-state index contributed by atoms with van der Waals surface area (Å²) in [6, 6.07) is 7.78. The molecule has 1 aromatic heterocycles. The van der Waals surface area contributed by atoms with Crippen LogP contribution in [0.3, 0.4) is 0 Å². The molecule has 0 saturated heterocycles. The van der Waals surface area contributed by atoms with Gasteiger partial charge in [0.2, 0.25) is 5.91 Å². The highest BCUT2D eigenvalue weighted by Crippen LogP contribution is 2.21. The van der Waals surface area contributed by atoms with Gasteiger partial charge in [-0.2, -0.15) is 0 Å². The zero-order valence-corrected chi connectivity index (χ0v) is 14.5. The van der Waals surface area contributed by atoms with Gasteiger partial charge in [-0.15, -0.1) is 0 Å². The predicted molar refractivity (Wildman–Crippen MR) is 97.5 cm³/mol. The summed E-state index contributed by atoms with van der Waals surface area (Å²) >= 11 is 5.20. The molecule has 2 N–H and O–H groups in total. The molecule has 0 spiro atoms. The van der Waals surface area contributed by atoms with Crippen molar-refractivity contribution >= 4 is 35.0 Å². The Balaban J connectivity index is 1.97. The van der Waals surface area contributed by atoms with Crippen LogP contribution >= 0.6 is 12.2 Å². The lowest BCUT2D eigenvalue weighted by atomic mass is 10.1. The van der Waals surface area contributed by atoms with Gasteiger partial charge in [-0.3, -0.25) is 10.1 Å². The maximum absolute atomic E-state index is 11.9. The standard InChI is InChI=1S/C18H20N2O2S/c1-11-9-12(2)17(13(3)10-11)20-18(23)19-16(21)8-7-15-6-5-14(4)22-15/h5-10H,1-4H3,(H2,19,20,21,23). The third kappa shape index (κ3) is 4.79. The van der Waals surface area contributed by atoms with Gasteiger partial charge in [-0.05, 0) is 69.2 Å². The average molecular weight is 328 g/mol. The molecule has 2 rings (SSSR count). The van der Waals surface area contributed by atoms with Crippen LogP contribution in [0.25, 0.3) is 6.08 Å². The van der Waals surface area contributed by atoms with E-state index in [1.807, 2.05) is 33.8 Å². The Kier molecular flexibility index (Phi) is 5.34. The third-order valence-electron chi connectivity index (χ3n) is 3.31. The van der Waals surface area contributed by atoms with E-state index < -0.39 is 0 Å². The van der Waals surface area contributed by atoms with Gasteiger partial charge in [-0.25, -0.2) is 0 Å². The van der Waals surface area contributed by atoms with Crippen molar-refractivity contribution in [3.8, 4) is 0 Å².